The number of ether oxygens (including phenoxy) is 1. The van der Waals surface area contributed by atoms with Crippen LogP contribution < -0.4 is 10.1 Å². The maximum absolute atomic E-state index is 12.0. The second-order valence-corrected chi connectivity index (χ2v) is 6.91. The molecule has 1 aromatic heterocycles. The Bertz CT molecular complexity index is 644. The lowest BCUT2D eigenvalue weighted by Gasteiger charge is -2.23. The summed E-state index contributed by atoms with van der Waals surface area (Å²) in [6.07, 6.45) is 0. The summed E-state index contributed by atoms with van der Waals surface area (Å²) in [5.41, 5.74) is 0.912. The Kier molecular flexibility index (Phi) is 6.45. The van der Waals surface area contributed by atoms with Gasteiger partial charge < -0.3 is 15.0 Å². The molecule has 124 valence electrons. The van der Waals surface area contributed by atoms with E-state index in [4.69, 9.17) is 16.3 Å². The number of nitrogens with zero attached hydrogens (tertiary/aromatic N) is 1. The van der Waals surface area contributed by atoms with Crippen molar-refractivity contribution in [2.24, 2.45) is 0 Å². The zero-order valence-corrected chi connectivity index (χ0v) is 15.1. The quantitative estimate of drug-likeness (QED) is 0.829. The summed E-state index contributed by atoms with van der Waals surface area (Å²) < 4.78 is 5.56. The molecule has 0 aliphatic rings. The van der Waals surface area contributed by atoms with Gasteiger partial charge in [-0.1, -0.05) is 17.7 Å². The summed E-state index contributed by atoms with van der Waals surface area (Å²) in [7, 11) is 4.01. The molecule has 1 aromatic carbocycles. The third-order valence-electron chi connectivity index (χ3n) is 3.48. The van der Waals surface area contributed by atoms with E-state index in [2.05, 4.69) is 16.3 Å². The zero-order chi connectivity index (χ0) is 16.8. The summed E-state index contributed by atoms with van der Waals surface area (Å²) in [4.78, 5) is 15.3. The highest BCUT2D eigenvalue weighted by atomic mass is 35.5. The zero-order valence-electron chi connectivity index (χ0n) is 13.5. The van der Waals surface area contributed by atoms with E-state index in [-0.39, 0.29) is 18.6 Å². The van der Waals surface area contributed by atoms with Crippen LogP contribution in [0.25, 0.3) is 0 Å². The smallest absolute Gasteiger partial charge is 0.258 e. The molecule has 2 rings (SSSR count). The fourth-order valence-electron chi connectivity index (χ4n) is 2.20. The first-order chi connectivity index (χ1) is 11.0. The first kappa shape index (κ1) is 17.8. The number of hydrogen-bond acceptors (Lipinski definition) is 4. The molecule has 23 heavy (non-hydrogen) atoms. The van der Waals surface area contributed by atoms with Crippen molar-refractivity contribution in [1.82, 2.24) is 10.2 Å². The van der Waals surface area contributed by atoms with Gasteiger partial charge in [0.1, 0.15) is 5.75 Å². The third kappa shape index (κ3) is 5.23. The number of carbonyl (C=O) groups is 1. The fourth-order valence-corrected chi connectivity index (χ4v) is 3.35. The van der Waals surface area contributed by atoms with Crippen LogP contribution in [-0.2, 0) is 4.79 Å². The van der Waals surface area contributed by atoms with Crippen molar-refractivity contribution in [2.45, 2.75) is 13.0 Å². The summed E-state index contributed by atoms with van der Waals surface area (Å²) in [6, 6.07) is 9.60. The van der Waals surface area contributed by atoms with Crippen LogP contribution in [0.2, 0.25) is 5.02 Å². The van der Waals surface area contributed by atoms with Gasteiger partial charge in [-0.3, -0.25) is 4.79 Å². The van der Waals surface area contributed by atoms with Crippen LogP contribution >= 0.6 is 22.9 Å². The lowest BCUT2D eigenvalue weighted by atomic mass is 10.2. The molecule has 0 fully saturated rings. The predicted molar refractivity (Wildman–Crippen MR) is 95.4 cm³/mol. The molecule has 0 aliphatic heterocycles. The maximum Gasteiger partial charge on any atom is 0.258 e. The monoisotopic (exact) mass is 352 g/mol. The Morgan fingerprint density at radius 3 is 2.78 bits per heavy atom. The van der Waals surface area contributed by atoms with Gasteiger partial charge >= 0.3 is 0 Å². The van der Waals surface area contributed by atoms with E-state index in [9.17, 15) is 4.79 Å². The minimum Gasteiger partial charge on any atom is -0.484 e. The van der Waals surface area contributed by atoms with Crippen LogP contribution in [0.1, 0.15) is 16.5 Å². The summed E-state index contributed by atoms with van der Waals surface area (Å²) >= 11 is 7.59. The number of rotatable bonds is 7. The van der Waals surface area contributed by atoms with E-state index in [1.807, 2.05) is 38.5 Å². The van der Waals surface area contributed by atoms with Crippen LogP contribution in [0.3, 0.4) is 0 Å². The highest BCUT2D eigenvalue weighted by Gasteiger charge is 2.16. The summed E-state index contributed by atoms with van der Waals surface area (Å²) in [5.74, 6) is 0.537. The minimum atomic E-state index is -0.136. The maximum atomic E-state index is 12.0. The molecule has 0 bridgehead atoms. The van der Waals surface area contributed by atoms with Crippen LogP contribution in [0.15, 0.2) is 35.7 Å². The molecule has 2 aromatic rings. The SMILES string of the molecule is Cc1cc(Cl)ccc1OCC(=O)NC[C@H](c1cccs1)N(C)C. The standard InChI is InChI=1S/C17H21ClN2O2S/c1-12-9-13(18)6-7-15(12)22-11-17(21)19-10-14(20(2)3)16-5-4-8-23-16/h4-9,14H,10-11H2,1-3H3,(H,19,21)/t14-/m1/s1. The Labute approximate surface area is 146 Å². The second kappa shape index (κ2) is 8.34. The van der Waals surface area contributed by atoms with Crippen molar-refractivity contribution in [3.8, 4) is 5.75 Å². The Morgan fingerprint density at radius 1 is 1.39 bits per heavy atom. The van der Waals surface area contributed by atoms with E-state index < -0.39 is 0 Å². The minimum absolute atomic E-state index is 0.00688. The number of likely N-dealkylation sites (N-methyl/N-ethyl adjacent to an activating group) is 1. The van der Waals surface area contributed by atoms with Gasteiger partial charge in [0.2, 0.25) is 0 Å². The third-order valence-corrected chi connectivity index (χ3v) is 4.69. The second-order valence-electron chi connectivity index (χ2n) is 5.50. The molecule has 0 aliphatic carbocycles. The van der Waals surface area contributed by atoms with Crippen molar-refractivity contribution in [3.63, 3.8) is 0 Å². The van der Waals surface area contributed by atoms with Gasteiger partial charge in [0.05, 0.1) is 6.04 Å². The highest BCUT2D eigenvalue weighted by Crippen LogP contribution is 2.23. The average molecular weight is 353 g/mol. The first-order valence-corrected chi connectivity index (χ1v) is 8.58. The van der Waals surface area contributed by atoms with E-state index in [0.717, 1.165) is 5.56 Å². The molecule has 6 heteroatoms. The van der Waals surface area contributed by atoms with Crippen LogP contribution in [0.4, 0.5) is 0 Å². The lowest BCUT2D eigenvalue weighted by molar-refractivity contribution is -0.123. The lowest BCUT2D eigenvalue weighted by Crippen LogP contribution is -2.36. The summed E-state index contributed by atoms with van der Waals surface area (Å²) in [6.45, 7) is 2.44. The van der Waals surface area contributed by atoms with Crippen LogP contribution in [-0.4, -0.2) is 38.1 Å². The van der Waals surface area contributed by atoms with E-state index in [1.165, 1.54) is 4.88 Å². The number of benzene rings is 1. The number of halogens is 1. The number of aryl methyl sites for hydroxylation is 1. The summed E-state index contributed by atoms with van der Waals surface area (Å²) in [5, 5.41) is 5.63. The predicted octanol–water partition coefficient (Wildman–Crippen LogP) is 3.51. The fraction of sp³-hybridized carbons (Fsp3) is 0.353. The molecule has 1 atom stereocenters. The molecule has 1 amide bonds. The number of amides is 1. The molecule has 0 saturated heterocycles. The van der Waals surface area contributed by atoms with Gasteiger partial charge in [-0.2, -0.15) is 0 Å². The number of thiophene rings is 1. The molecular weight excluding hydrogens is 332 g/mol. The molecule has 1 N–H and O–H groups in total. The Morgan fingerprint density at radius 2 is 2.17 bits per heavy atom. The topological polar surface area (TPSA) is 41.6 Å². The van der Waals surface area contributed by atoms with Crippen molar-refractivity contribution >= 4 is 28.8 Å². The average Bonchev–Trinajstić information content (AvgIpc) is 3.00. The highest BCUT2D eigenvalue weighted by molar-refractivity contribution is 7.10. The van der Waals surface area contributed by atoms with Gasteiger partial charge in [0.15, 0.2) is 6.61 Å². The molecule has 4 nitrogen and oxygen atoms in total. The van der Waals surface area contributed by atoms with Crippen molar-refractivity contribution in [2.75, 3.05) is 27.2 Å². The van der Waals surface area contributed by atoms with Gasteiger partial charge in [0, 0.05) is 16.4 Å². The van der Waals surface area contributed by atoms with Crippen molar-refractivity contribution in [3.05, 3.63) is 51.2 Å². The number of carbonyl (C=O) groups excluding carboxylic acids is 1. The largest absolute Gasteiger partial charge is 0.484 e. The van der Waals surface area contributed by atoms with Crippen molar-refractivity contribution < 1.29 is 9.53 Å². The molecule has 1 heterocycles. The van der Waals surface area contributed by atoms with E-state index >= 15 is 0 Å². The van der Waals surface area contributed by atoms with Gasteiger partial charge in [-0.05, 0) is 56.2 Å². The molecule has 0 unspecified atom stereocenters. The molecule has 0 saturated carbocycles. The normalized spacial score (nSPS) is 12.2. The first-order valence-electron chi connectivity index (χ1n) is 7.33. The Hall–Kier alpha value is -1.56. The van der Waals surface area contributed by atoms with Crippen LogP contribution in [0.5, 0.6) is 5.75 Å². The van der Waals surface area contributed by atoms with Gasteiger partial charge in [0.25, 0.3) is 5.91 Å². The molecule has 0 spiro atoms. The van der Waals surface area contributed by atoms with Gasteiger partial charge in [-0.15, -0.1) is 11.3 Å². The van der Waals surface area contributed by atoms with Crippen LogP contribution in [0, 0.1) is 6.92 Å². The molecule has 0 radical (unpaired) electrons. The van der Waals surface area contributed by atoms with E-state index in [1.54, 1.807) is 23.5 Å². The van der Waals surface area contributed by atoms with Gasteiger partial charge in [-0.25, -0.2) is 0 Å². The van der Waals surface area contributed by atoms with Crippen molar-refractivity contribution in [1.29, 1.82) is 0 Å². The number of nitrogens with one attached hydrogen (secondary N) is 1. The number of hydrogen-bond donors (Lipinski definition) is 1. The van der Waals surface area contributed by atoms with E-state index in [0.29, 0.717) is 17.3 Å². The molecular formula is C17H21ClN2O2S. The Balaban J connectivity index is 1.84.